The summed E-state index contributed by atoms with van der Waals surface area (Å²) in [5, 5.41) is 10.1. The van der Waals surface area contributed by atoms with Gasteiger partial charge in [0.1, 0.15) is 6.33 Å². The van der Waals surface area contributed by atoms with Crippen molar-refractivity contribution in [3.8, 4) is 0 Å². The summed E-state index contributed by atoms with van der Waals surface area (Å²) in [5.74, 6) is 0.209. The highest BCUT2D eigenvalue weighted by molar-refractivity contribution is 7.99. The van der Waals surface area contributed by atoms with Crippen LogP contribution in [-0.2, 0) is 4.79 Å². The number of aromatic amines is 1. The predicted molar refractivity (Wildman–Crippen MR) is 99.2 cm³/mol. The molecular formula is C17H18N6O2S. The van der Waals surface area contributed by atoms with Crippen molar-refractivity contribution in [2.24, 2.45) is 0 Å². The standard InChI is InChI=1S/C17H18N6O2S/c24-14(21-16-18-10-19-22-16)9-26-17-20-13-8-4-3-7-12(13)15(25)23(17)11-5-1-2-6-11/h3-4,7-8,10-11H,1-2,5-6,9H2,(H2,18,19,21,22,24). The molecule has 2 N–H and O–H groups in total. The van der Waals surface area contributed by atoms with Crippen LogP contribution in [0.2, 0.25) is 0 Å². The quantitative estimate of drug-likeness (QED) is 0.528. The molecule has 9 heteroatoms. The molecule has 4 rings (SSSR count). The summed E-state index contributed by atoms with van der Waals surface area (Å²) in [5.41, 5.74) is 0.630. The molecule has 26 heavy (non-hydrogen) atoms. The molecule has 1 aromatic carbocycles. The number of benzene rings is 1. The van der Waals surface area contributed by atoms with Crippen LogP contribution in [-0.4, -0.2) is 36.4 Å². The number of aromatic nitrogens is 5. The van der Waals surface area contributed by atoms with Crippen molar-refractivity contribution in [3.05, 3.63) is 40.9 Å². The number of carbonyl (C=O) groups is 1. The van der Waals surface area contributed by atoms with Crippen LogP contribution in [0, 0.1) is 0 Å². The minimum absolute atomic E-state index is 0.0272. The molecule has 1 aliphatic rings. The van der Waals surface area contributed by atoms with Gasteiger partial charge in [-0.1, -0.05) is 36.7 Å². The van der Waals surface area contributed by atoms with E-state index in [1.165, 1.54) is 18.1 Å². The summed E-state index contributed by atoms with van der Waals surface area (Å²) in [6.07, 6.45) is 5.49. The number of rotatable bonds is 5. The zero-order valence-electron chi connectivity index (χ0n) is 14.0. The van der Waals surface area contributed by atoms with E-state index >= 15 is 0 Å². The average molecular weight is 370 g/mol. The molecule has 2 heterocycles. The van der Waals surface area contributed by atoms with Crippen molar-refractivity contribution in [3.63, 3.8) is 0 Å². The summed E-state index contributed by atoms with van der Waals surface area (Å²) in [7, 11) is 0. The Hall–Kier alpha value is -2.68. The van der Waals surface area contributed by atoms with E-state index in [-0.39, 0.29) is 23.3 Å². The number of fused-ring (bicyclic) bond motifs is 1. The van der Waals surface area contributed by atoms with Crippen molar-refractivity contribution < 1.29 is 4.79 Å². The number of hydrogen-bond acceptors (Lipinski definition) is 6. The van der Waals surface area contributed by atoms with Crippen molar-refractivity contribution >= 4 is 34.5 Å². The largest absolute Gasteiger partial charge is 0.294 e. The zero-order chi connectivity index (χ0) is 17.9. The second kappa shape index (κ2) is 7.28. The van der Waals surface area contributed by atoms with E-state index in [4.69, 9.17) is 0 Å². The molecule has 2 aromatic heterocycles. The van der Waals surface area contributed by atoms with Gasteiger partial charge in [-0.2, -0.15) is 10.1 Å². The Morgan fingerprint density at radius 1 is 1.31 bits per heavy atom. The molecule has 1 fully saturated rings. The molecule has 0 bridgehead atoms. The van der Waals surface area contributed by atoms with Crippen LogP contribution in [0.5, 0.6) is 0 Å². The van der Waals surface area contributed by atoms with Crippen LogP contribution >= 0.6 is 11.8 Å². The van der Waals surface area contributed by atoms with Crippen molar-refractivity contribution in [1.82, 2.24) is 24.7 Å². The van der Waals surface area contributed by atoms with Gasteiger partial charge in [0.15, 0.2) is 5.16 Å². The minimum atomic E-state index is -0.230. The van der Waals surface area contributed by atoms with E-state index in [1.54, 1.807) is 10.6 Å². The van der Waals surface area contributed by atoms with E-state index in [0.717, 1.165) is 25.7 Å². The number of H-pyrrole nitrogens is 1. The summed E-state index contributed by atoms with van der Waals surface area (Å²) < 4.78 is 1.78. The Morgan fingerprint density at radius 3 is 2.88 bits per heavy atom. The molecule has 8 nitrogen and oxygen atoms in total. The first-order chi connectivity index (χ1) is 12.7. The molecule has 1 aliphatic carbocycles. The lowest BCUT2D eigenvalue weighted by Crippen LogP contribution is -2.27. The monoisotopic (exact) mass is 370 g/mol. The van der Waals surface area contributed by atoms with Crippen LogP contribution in [0.3, 0.4) is 0 Å². The number of thioether (sulfide) groups is 1. The average Bonchev–Trinajstić information content (AvgIpc) is 3.34. The summed E-state index contributed by atoms with van der Waals surface area (Å²) >= 11 is 1.27. The van der Waals surface area contributed by atoms with Crippen LogP contribution in [0.15, 0.2) is 40.5 Å². The lowest BCUT2D eigenvalue weighted by molar-refractivity contribution is -0.113. The normalized spacial score (nSPS) is 14.8. The van der Waals surface area contributed by atoms with E-state index in [0.29, 0.717) is 22.0 Å². The van der Waals surface area contributed by atoms with Gasteiger partial charge in [0.05, 0.1) is 16.7 Å². The number of amides is 1. The van der Waals surface area contributed by atoms with Crippen LogP contribution < -0.4 is 10.9 Å². The van der Waals surface area contributed by atoms with Crippen LogP contribution in [0.1, 0.15) is 31.7 Å². The smallest absolute Gasteiger partial charge is 0.262 e. The van der Waals surface area contributed by atoms with Gasteiger partial charge in [-0.3, -0.25) is 19.5 Å². The van der Waals surface area contributed by atoms with E-state index in [9.17, 15) is 9.59 Å². The molecule has 0 saturated heterocycles. The second-order valence-corrected chi connectivity index (χ2v) is 7.14. The molecular weight excluding hydrogens is 352 g/mol. The molecule has 0 radical (unpaired) electrons. The van der Waals surface area contributed by atoms with Gasteiger partial charge < -0.3 is 0 Å². The lowest BCUT2D eigenvalue weighted by atomic mass is 10.2. The van der Waals surface area contributed by atoms with Gasteiger partial charge in [-0.25, -0.2) is 10.1 Å². The molecule has 0 atom stereocenters. The summed E-state index contributed by atoms with van der Waals surface area (Å²) in [4.78, 5) is 33.7. The number of para-hydroxylation sites is 1. The third-order valence-electron chi connectivity index (χ3n) is 4.47. The summed E-state index contributed by atoms with van der Waals surface area (Å²) in [6, 6.07) is 7.50. The molecule has 3 aromatic rings. The highest BCUT2D eigenvalue weighted by atomic mass is 32.2. The molecule has 1 amide bonds. The number of anilines is 1. The first-order valence-corrected chi connectivity index (χ1v) is 9.50. The first-order valence-electron chi connectivity index (χ1n) is 8.51. The predicted octanol–water partition coefficient (Wildman–Crippen LogP) is 2.36. The number of nitrogens with one attached hydrogen (secondary N) is 2. The molecule has 0 aliphatic heterocycles. The Bertz CT molecular complexity index is 979. The van der Waals surface area contributed by atoms with Gasteiger partial charge in [0.25, 0.3) is 5.56 Å². The Morgan fingerprint density at radius 2 is 2.12 bits per heavy atom. The van der Waals surface area contributed by atoms with Crippen LogP contribution in [0.25, 0.3) is 10.9 Å². The third kappa shape index (κ3) is 3.34. The van der Waals surface area contributed by atoms with E-state index in [2.05, 4.69) is 25.5 Å². The maximum atomic E-state index is 13.0. The van der Waals surface area contributed by atoms with Gasteiger partial charge in [0.2, 0.25) is 11.9 Å². The first kappa shape index (κ1) is 16.8. The summed E-state index contributed by atoms with van der Waals surface area (Å²) in [6.45, 7) is 0. The van der Waals surface area contributed by atoms with Gasteiger partial charge >= 0.3 is 0 Å². The highest BCUT2D eigenvalue weighted by Gasteiger charge is 2.23. The van der Waals surface area contributed by atoms with E-state index < -0.39 is 0 Å². The molecule has 0 spiro atoms. The molecule has 134 valence electrons. The minimum Gasteiger partial charge on any atom is -0.294 e. The highest BCUT2D eigenvalue weighted by Crippen LogP contribution is 2.32. The number of hydrogen-bond donors (Lipinski definition) is 2. The molecule has 0 unspecified atom stereocenters. The van der Waals surface area contributed by atoms with Crippen molar-refractivity contribution in [1.29, 1.82) is 0 Å². The maximum absolute atomic E-state index is 13.0. The number of nitrogens with zero attached hydrogens (tertiary/aromatic N) is 4. The van der Waals surface area contributed by atoms with Gasteiger partial charge in [-0.05, 0) is 25.0 Å². The maximum Gasteiger partial charge on any atom is 0.262 e. The Balaban J connectivity index is 1.63. The molecule has 1 saturated carbocycles. The topological polar surface area (TPSA) is 106 Å². The van der Waals surface area contributed by atoms with Crippen molar-refractivity contribution in [2.45, 2.75) is 36.9 Å². The van der Waals surface area contributed by atoms with Crippen molar-refractivity contribution in [2.75, 3.05) is 11.1 Å². The van der Waals surface area contributed by atoms with Crippen LogP contribution in [0.4, 0.5) is 5.95 Å². The van der Waals surface area contributed by atoms with E-state index in [1.807, 2.05) is 18.2 Å². The Labute approximate surface area is 153 Å². The zero-order valence-corrected chi connectivity index (χ0v) is 14.8. The Kier molecular flexibility index (Phi) is 4.70. The number of carbonyl (C=O) groups excluding carboxylic acids is 1. The van der Waals surface area contributed by atoms with Gasteiger partial charge in [-0.15, -0.1) is 0 Å². The fourth-order valence-corrected chi connectivity index (χ4v) is 4.14. The fourth-order valence-electron chi connectivity index (χ4n) is 3.28. The SMILES string of the molecule is O=C(CSc1nc2ccccc2c(=O)n1C1CCCC1)Nc1ncn[nH]1. The lowest BCUT2D eigenvalue weighted by Gasteiger charge is -2.18. The fraction of sp³-hybridized carbons (Fsp3) is 0.353. The van der Waals surface area contributed by atoms with Gasteiger partial charge in [0, 0.05) is 6.04 Å². The third-order valence-corrected chi connectivity index (χ3v) is 5.42. The second-order valence-electron chi connectivity index (χ2n) is 6.20.